The quantitative estimate of drug-likeness (QED) is 0.668. The van der Waals surface area contributed by atoms with Gasteiger partial charge >= 0.3 is 0 Å². The van der Waals surface area contributed by atoms with Crippen molar-refractivity contribution in [3.05, 3.63) is 64.7 Å². The minimum Gasteiger partial charge on any atom is -0.354 e. The van der Waals surface area contributed by atoms with E-state index in [0.717, 1.165) is 37.8 Å². The van der Waals surface area contributed by atoms with E-state index in [0.29, 0.717) is 30.1 Å². The number of anilines is 1. The van der Waals surface area contributed by atoms with Crippen molar-refractivity contribution in [1.29, 1.82) is 0 Å². The number of nitrogens with one attached hydrogen (secondary N) is 2. The van der Waals surface area contributed by atoms with E-state index in [4.69, 9.17) is 11.6 Å². The van der Waals surface area contributed by atoms with Crippen LogP contribution in [-0.2, 0) is 15.0 Å². The fraction of sp³-hybridized carbons (Fsp3) is 0.400. The third-order valence-corrected chi connectivity index (χ3v) is 6.82. The second kappa shape index (κ2) is 9.74. The highest BCUT2D eigenvalue weighted by molar-refractivity contribution is 6.30. The summed E-state index contributed by atoms with van der Waals surface area (Å²) in [5.74, 6) is -0.414. The number of amides is 3. The smallest absolute Gasteiger partial charge is 0.251 e. The van der Waals surface area contributed by atoms with Gasteiger partial charge in [-0.05, 0) is 61.2 Å². The van der Waals surface area contributed by atoms with E-state index in [1.54, 1.807) is 29.2 Å². The monoisotopic (exact) mass is 453 g/mol. The molecule has 3 amide bonds. The number of benzene rings is 2. The molecule has 1 heterocycles. The highest BCUT2D eigenvalue weighted by Gasteiger charge is 2.35. The van der Waals surface area contributed by atoms with Gasteiger partial charge in [0.05, 0.1) is 6.54 Å². The van der Waals surface area contributed by atoms with Crippen molar-refractivity contribution in [2.24, 2.45) is 0 Å². The molecule has 1 saturated heterocycles. The molecule has 1 saturated carbocycles. The van der Waals surface area contributed by atoms with Gasteiger partial charge in [-0.15, -0.1) is 0 Å². The Hall–Kier alpha value is -2.86. The van der Waals surface area contributed by atoms with Gasteiger partial charge in [-0.2, -0.15) is 0 Å². The maximum absolute atomic E-state index is 12.4. The van der Waals surface area contributed by atoms with Gasteiger partial charge in [0, 0.05) is 41.2 Å². The Balaban J connectivity index is 1.29. The molecular formula is C25H28ClN3O3. The lowest BCUT2D eigenvalue weighted by atomic mass is 9.79. The Morgan fingerprint density at radius 3 is 2.25 bits per heavy atom. The number of carbonyl (C=O) groups is 3. The molecule has 0 atom stereocenters. The van der Waals surface area contributed by atoms with E-state index in [1.165, 1.54) is 5.56 Å². The molecule has 0 bridgehead atoms. The molecule has 4 rings (SSSR count). The van der Waals surface area contributed by atoms with Crippen LogP contribution in [0.3, 0.4) is 0 Å². The van der Waals surface area contributed by atoms with Crippen LogP contribution in [0, 0.1) is 0 Å². The van der Waals surface area contributed by atoms with Crippen molar-refractivity contribution in [3.8, 4) is 0 Å². The zero-order valence-corrected chi connectivity index (χ0v) is 18.8. The molecule has 2 N–H and O–H groups in total. The average Bonchev–Trinajstić information content (AvgIpc) is 3.46. The van der Waals surface area contributed by atoms with Crippen molar-refractivity contribution in [3.63, 3.8) is 0 Å². The van der Waals surface area contributed by atoms with Gasteiger partial charge in [-0.25, -0.2) is 0 Å². The second-order valence-electron chi connectivity index (χ2n) is 8.65. The van der Waals surface area contributed by atoms with Crippen LogP contribution in [0.15, 0.2) is 48.5 Å². The number of hydrogen-bond acceptors (Lipinski definition) is 3. The molecule has 6 nitrogen and oxygen atoms in total. The Labute approximate surface area is 193 Å². The van der Waals surface area contributed by atoms with Gasteiger partial charge in [0.25, 0.3) is 5.91 Å². The maximum Gasteiger partial charge on any atom is 0.251 e. The average molecular weight is 454 g/mol. The minimum atomic E-state index is -0.312. The lowest BCUT2D eigenvalue weighted by Crippen LogP contribution is -2.43. The zero-order valence-electron chi connectivity index (χ0n) is 18.0. The predicted octanol–water partition coefficient (Wildman–Crippen LogP) is 3.82. The molecule has 0 spiro atoms. The van der Waals surface area contributed by atoms with Crippen LogP contribution in [0.4, 0.5) is 5.69 Å². The van der Waals surface area contributed by atoms with E-state index in [9.17, 15) is 14.4 Å². The number of rotatable bonds is 7. The topological polar surface area (TPSA) is 78.5 Å². The second-order valence-corrected chi connectivity index (χ2v) is 9.09. The first-order valence-corrected chi connectivity index (χ1v) is 11.6. The van der Waals surface area contributed by atoms with E-state index in [2.05, 4.69) is 10.6 Å². The van der Waals surface area contributed by atoms with Crippen LogP contribution in [0.1, 0.15) is 54.4 Å². The zero-order chi connectivity index (χ0) is 22.6. The summed E-state index contributed by atoms with van der Waals surface area (Å²) in [4.78, 5) is 38.5. The molecule has 2 aliphatic rings. The summed E-state index contributed by atoms with van der Waals surface area (Å²) in [6.07, 6.45) is 5.73. The number of hydrogen-bond donors (Lipinski definition) is 2. The predicted molar refractivity (Wildman–Crippen MR) is 125 cm³/mol. The molecule has 0 radical (unpaired) electrons. The largest absolute Gasteiger partial charge is 0.354 e. The Bertz CT molecular complexity index is 982. The van der Waals surface area contributed by atoms with Crippen molar-refractivity contribution >= 4 is 35.0 Å². The Morgan fingerprint density at radius 2 is 1.62 bits per heavy atom. The Kier molecular flexibility index (Phi) is 6.80. The van der Waals surface area contributed by atoms with Crippen molar-refractivity contribution in [1.82, 2.24) is 10.6 Å². The Morgan fingerprint density at radius 1 is 0.938 bits per heavy atom. The molecule has 0 unspecified atom stereocenters. The van der Waals surface area contributed by atoms with Crippen LogP contribution < -0.4 is 15.5 Å². The molecule has 2 fully saturated rings. The third-order valence-electron chi connectivity index (χ3n) is 6.57. The molecule has 2 aromatic rings. The molecule has 1 aliphatic carbocycles. The van der Waals surface area contributed by atoms with Crippen LogP contribution in [0.5, 0.6) is 0 Å². The highest BCUT2D eigenvalue weighted by Crippen LogP contribution is 2.40. The van der Waals surface area contributed by atoms with Crippen LogP contribution in [0.2, 0.25) is 5.02 Å². The standard InChI is InChI=1S/C25H28ClN3O3/c26-20-9-7-19(8-10-20)25(13-1-2-14-25)17-28-22(30)16-27-24(32)18-5-11-21(12-6-18)29-15-3-4-23(29)31/h5-12H,1-4,13-17H2,(H,27,32)(H,28,30). The van der Waals surface area contributed by atoms with Crippen LogP contribution >= 0.6 is 11.6 Å². The fourth-order valence-electron chi connectivity index (χ4n) is 4.73. The summed E-state index contributed by atoms with van der Waals surface area (Å²) >= 11 is 6.03. The normalized spacial score (nSPS) is 17.4. The summed E-state index contributed by atoms with van der Waals surface area (Å²) in [7, 11) is 0. The van der Waals surface area contributed by atoms with Crippen LogP contribution in [0.25, 0.3) is 0 Å². The maximum atomic E-state index is 12.4. The molecule has 1 aliphatic heterocycles. The first-order chi connectivity index (χ1) is 15.5. The van der Waals surface area contributed by atoms with Gasteiger partial charge in [-0.1, -0.05) is 36.6 Å². The van der Waals surface area contributed by atoms with Crippen molar-refractivity contribution < 1.29 is 14.4 Å². The summed E-state index contributed by atoms with van der Waals surface area (Å²) in [6, 6.07) is 14.8. The molecule has 32 heavy (non-hydrogen) atoms. The van der Waals surface area contributed by atoms with Gasteiger partial charge in [0.1, 0.15) is 0 Å². The molecular weight excluding hydrogens is 426 g/mol. The van der Waals surface area contributed by atoms with E-state index < -0.39 is 0 Å². The number of nitrogens with zero attached hydrogens (tertiary/aromatic N) is 1. The van der Waals surface area contributed by atoms with Gasteiger partial charge in [0.15, 0.2) is 0 Å². The van der Waals surface area contributed by atoms with Gasteiger partial charge in [0.2, 0.25) is 11.8 Å². The third kappa shape index (κ3) is 4.96. The number of carbonyl (C=O) groups excluding carboxylic acids is 3. The molecule has 168 valence electrons. The van der Waals surface area contributed by atoms with E-state index in [1.807, 2.05) is 24.3 Å². The van der Waals surface area contributed by atoms with Crippen LogP contribution in [-0.4, -0.2) is 37.4 Å². The molecule has 0 aromatic heterocycles. The molecule has 2 aromatic carbocycles. The number of halogens is 1. The van der Waals surface area contributed by atoms with E-state index in [-0.39, 0.29) is 29.7 Å². The first-order valence-electron chi connectivity index (χ1n) is 11.2. The summed E-state index contributed by atoms with van der Waals surface area (Å²) in [5, 5.41) is 6.39. The summed E-state index contributed by atoms with van der Waals surface area (Å²) < 4.78 is 0. The van der Waals surface area contributed by atoms with E-state index >= 15 is 0 Å². The molecule has 7 heteroatoms. The van der Waals surface area contributed by atoms with Crippen molar-refractivity contribution in [2.45, 2.75) is 43.9 Å². The van der Waals surface area contributed by atoms with Crippen molar-refractivity contribution in [2.75, 3.05) is 24.5 Å². The SMILES string of the molecule is O=C(CNC(=O)c1ccc(N2CCCC2=O)cc1)NCC1(c2ccc(Cl)cc2)CCCC1. The summed E-state index contributed by atoms with van der Waals surface area (Å²) in [6.45, 7) is 1.17. The summed E-state index contributed by atoms with van der Waals surface area (Å²) in [5.41, 5.74) is 2.38. The fourth-order valence-corrected chi connectivity index (χ4v) is 4.86. The lowest BCUT2D eigenvalue weighted by Gasteiger charge is -2.30. The van der Waals surface area contributed by atoms with Gasteiger partial charge < -0.3 is 15.5 Å². The first kappa shape index (κ1) is 22.3. The highest BCUT2D eigenvalue weighted by atomic mass is 35.5. The van der Waals surface area contributed by atoms with Gasteiger partial charge in [-0.3, -0.25) is 14.4 Å². The lowest BCUT2D eigenvalue weighted by molar-refractivity contribution is -0.120. The minimum absolute atomic E-state index is 0.0763.